The van der Waals surface area contributed by atoms with Crippen molar-refractivity contribution < 1.29 is 19.1 Å². The summed E-state index contributed by atoms with van der Waals surface area (Å²) in [4.78, 5) is 29.3. The zero-order chi connectivity index (χ0) is 20.6. The van der Waals surface area contributed by atoms with Gasteiger partial charge in [-0.05, 0) is 31.2 Å². The lowest BCUT2D eigenvalue weighted by molar-refractivity contribution is -0.129. The number of thiazole rings is 1. The standard InChI is InChI=1S/C19H18ClN3O4S2/c1-2-26-13-5-3-4-6-14(13)27-10-18(25)23-22-17(24)9-12-11-28-19(21-12)15-7-8-16(20)29-15/h3-8,11H,2,9-10H2,1H3,(H,22,24)(H,23,25). The van der Waals surface area contributed by atoms with E-state index in [1.165, 1.54) is 22.7 Å². The molecular formula is C19H18ClN3O4S2. The number of aromatic nitrogens is 1. The number of nitrogens with zero attached hydrogens (tertiary/aromatic N) is 1. The van der Waals surface area contributed by atoms with Gasteiger partial charge in [0.05, 0.1) is 27.9 Å². The SMILES string of the molecule is CCOc1ccccc1OCC(=O)NNC(=O)Cc1csc(-c2ccc(Cl)s2)n1. The van der Waals surface area contributed by atoms with Crippen LogP contribution in [0.4, 0.5) is 0 Å². The molecule has 0 saturated carbocycles. The topological polar surface area (TPSA) is 89.5 Å². The Morgan fingerprint density at radius 3 is 2.48 bits per heavy atom. The Labute approximate surface area is 180 Å². The molecule has 2 N–H and O–H groups in total. The maximum Gasteiger partial charge on any atom is 0.276 e. The molecular weight excluding hydrogens is 434 g/mol. The zero-order valence-corrected chi connectivity index (χ0v) is 17.8. The molecule has 0 aliphatic rings. The minimum Gasteiger partial charge on any atom is -0.490 e. The monoisotopic (exact) mass is 451 g/mol. The molecule has 3 rings (SSSR count). The molecule has 0 spiro atoms. The van der Waals surface area contributed by atoms with Crippen molar-refractivity contribution in [3.63, 3.8) is 0 Å². The summed E-state index contributed by atoms with van der Waals surface area (Å²) in [5.41, 5.74) is 5.29. The second-order valence-corrected chi connectivity index (χ2v) is 8.26. The highest BCUT2D eigenvalue weighted by Crippen LogP contribution is 2.33. The first-order valence-electron chi connectivity index (χ1n) is 8.67. The molecule has 2 amide bonds. The minimum absolute atomic E-state index is 0.0456. The molecule has 0 bridgehead atoms. The second-order valence-electron chi connectivity index (χ2n) is 5.69. The van der Waals surface area contributed by atoms with Crippen LogP contribution in [-0.4, -0.2) is 30.0 Å². The van der Waals surface area contributed by atoms with Crippen molar-refractivity contribution in [2.75, 3.05) is 13.2 Å². The lowest BCUT2D eigenvalue weighted by Crippen LogP contribution is -2.44. The number of ether oxygens (including phenoxy) is 2. The lowest BCUT2D eigenvalue weighted by Gasteiger charge is -2.11. The van der Waals surface area contributed by atoms with Gasteiger partial charge in [0.2, 0.25) is 5.91 Å². The van der Waals surface area contributed by atoms with Gasteiger partial charge in [-0.15, -0.1) is 22.7 Å². The summed E-state index contributed by atoms with van der Waals surface area (Å²) in [5.74, 6) is 0.142. The maximum absolute atomic E-state index is 12.0. The summed E-state index contributed by atoms with van der Waals surface area (Å²) < 4.78 is 11.6. The summed E-state index contributed by atoms with van der Waals surface area (Å²) in [6, 6.07) is 10.8. The van der Waals surface area contributed by atoms with Crippen molar-refractivity contribution in [2.24, 2.45) is 0 Å². The number of benzene rings is 1. The highest BCUT2D eigenvalue weighted by molar-refractivity contribution is 7.23. The Balaban J connectivity index is 1.44. The third-order valence-electron chi connectivity index (χ3n) is 3.53. The number of para-hydroxylation sites is 2. The van der Waals surface area contributed by atoms with Crippen LogP contribution in [0.1, 0.15) is 12.6 Å². The van der Waals surface area contributed by atoms with Gasteiger partial charge < -0.3 is 9.47 Å². The van der Waals surface area contributed by atoms with Gasteiger partial charge in [0.1, 0.15) is 5.01 Å². The van der Waals surface area contributed by atoms with E-state index in [1.807, 2.05) is 19.1 Å². The molecule has 2 heterocycles. The number of carbonyl (C=O) groups excluding carboxylic acids is 2. The van der Waals surface area contributed by atoms with Crippen LogP contribution < -0.4 is 20.3 Å². The predicted octanol–water partition coefficient (Wildman–Crippen LogP) is 3.69. The van der Waals surface area contributed by atoms with Crippen LogP contribution in [0.3, 0.4) is 0 Å². The van der Waals surface area contributed by atoms with Gasteiger partial charge in [-0.25, -0.2) is 4.98 Å². The number of rotatable bonds is 8. The summed E-state index contributed by atoms with van der Waals surface area (Å²) in [7, 11) is 0. The first-order valence-corrected chi connectivity index (χ1v) is 10.7. The summed E-state index contributed by atoms with van der Waals surface area (Å²) in [5, 5.41) is 2.60. The van der Waals surface area contributed by atoms with Crippen LogP contribution in [-0.2, 0) is 16.0 Å². The molecule has 0 radical (unpaired) electrons. The molecule has 7 nitrogen and oxygen atoms in total. The van der Waals surface area contributed by atoms with Gasteiger partial charge in [-0.1, -0.05) is 23.7 Å². The molecule has 0 aliphatic carbocycles. The molecule has 29 heavy (non-hydrogen) atoms. The van der Waals surface area contributed by atoms with E-state index in [0.717, 1.165) is 9.88 Å². The number of hydrazine groups is 1. The van der Waals surface area contributed by atoms with E-state index in [-0.39, 0.29) is 18.9 Å². The van der Waals surface area contributed by atoms with Crippen molar-refractivity contribution in [3.05, 3.63) is 51.8 Å². The molecule has 1 aromatic carbocycles. The van der Waals surface area contributed by atoms with Crippen LogP contribution in [0.15, 0.2) is 41.8 Å². The first kappa shape index (κ1) is 21.1. The van der Waals surface area contributed by atoms with Crippen molar-refractivity contribution in [3.8, 4) is 21.4 Å². The summed E-state index contributed by atoms with van der Waals surface area (Å²) in [6.45, 7) is 2.09. The molecule has 0 unspecified atom stereocenters. The molecule has 2 aromatic heterocycles. The molecule has 0 saturated heterocycles. The van der Waals surface area contributed by atoms with Gasteiger partial charge in [-0.2, -0.15) is 0 Å². The van der Waals surface area contributed by atoms with Crippen molar-refractivity contribution in [1.82, 2.24) is 15.8 Å². The third-order valence-corrected chi connectivity index (χ3v) is 5.82. The van der Waals surface area contributed by atoms with Crippen LogP contribution in [0, 0.1) is 0 Å². The lowest BCUT2D eigenvalue weighted by atomic mass is 10.3. The maximum atomic E-state index is 12.0. The van der Waals surface area contributed by atoms with Crippen molar-refractivity contribution in [1.29, 1.82) is 0 Å². The molecule has 3 aromatic rings. The highest BCUT2D eigenvalue weighted by atomic mass is 35.5. The van der Waals surface area contributed by atoms with E-state index in [1.54, 1.807) is 29.6 Å². The number of halogens is 1. The van der Waals surface area contributed by atoms with Gasteiger partial charge in [-0.3, -0.25) is 20.4 Å². The van der Waals surface area contributed by atoms with E-state index in [2.05, 4.69) is 15.8 Å². The highest BCUT2D eigenvalue weighted by Gasteiger charge is 2.12. The quantitative estimate of drug-likeness (QED) is 0.510. The van der Waals surface area contributed by atoms with Gasteiger partial charge in [0, 0.05) is 5.38 Å². The van der Waals surface area contributed by atoms with Crippen LogP contribution in [0.5, 0.6) is 11.5 Å². The van der Waals surface area contributed by atoms with E-state index >= 15 is 0 Å². The number of carbonyl (C=O) groups is 2. The average molecular weight is 452 g/mol. The normalized spacial score (nSPS) is 10.4. The average Bonchev–Trinajstić information content (AvgIpc) is 3.35. The molecule has 0 atom stereocenters. The largest absolute Gasteiger partial charge is 0.490 e. The summed E-state index contributed by atoms with van der Waals surface area (Å²) in [6.07, 6.45) is 0.0456. The van der Waals surface area contributed by atoms with E-state index in [0.29, 0.717) is 28.1 Å². The Kier molecular flexibility index (Phi) is 7.45. The van der Waals surface area contributed by atoms with Crippen LogP contribution in [0.2, 0.25) is 4.34 Å². The molecule has 152 valence electrons. The molecule has 10 heteroatoms. The molecule has 0 fully saturated rings. The Morgan fingerprint density at radius 2 is 1.79 bits per heavy atom. The Hall–Kier alpha value is -2.62. The first-order chi connectivity index (χ1) is 14.0. The van der Waals surface area contributed by atoms with E-state index < -0.39 is 5.91 Å². The van der Waals surface area contributed by atoms with Gasteiger partial charge >= 0.3 is 0 Å². The van der Waals surface area contributed by atoms with Crippen LogP contribution >= 0.6 is 34.3 Å². The van der Waals surface area contributed by atoms with E-state index in [4.69, 9.17) is 21.1 Å². The Bertz CT molecular complexity index is 989. The van der Waals surface area contributed by atoms with Crippen molar-refractivity contribution in [2.45, 2.75) is 13.3 Å². The predicted molar refractivity (Wildman–Crippen MR) is 114 cm³/mol. The zero-order valence-electron chi connectivity index (χ0n) is 15.4. The number of thiophene rings is 1. The van der Waals surface area contributed by atoms with E-state index in [9.17, 15) is 9.59 Å². The fraction of sp³-hybridized carbons (Fsp3) is 0.211. The number of hydrogen-bond acceptors (Lipinski definition) is 7. The van der Waals surface area contributed by atoms with Gasteiger partial charge in [0.15, 0.2) is 18.1 Å². The number of nitrogens with one attached hydrogen (secondary N) is 2. The fourth-order valence-corrected chi connectivity index (χ4v) is 4.24. The summed E-state index contributed by atoms with van der Waals surface area (Å²) >= 11 is 8.80. The Morgan fingerprint density at radius 1 is 1.07 bits per heavy atom. The number of hydrogen-bond donors (Lipinski definition) is 2. The van der Waals surface area contributed by atoms with Gasteiger partial charge in [0.25, 0.3) is 5.91 Å². The second kappa shape index (κ2) is 10.2. The third kappa shape index (κ3) is 6.18. The number of amides is 2. The van der Waals surface area contributed by atoms with Crippen molar-refractivity contribution >= 4 is 46.1 Å². The molecule has 0 aliphatic heterocycles. The smallest absolute Gasteiger partial charge is 0.276 e. The fourth-order valence-electron chi connectivity index (χ4n) is 2.30. The minimum atomic E-state index is -0.489. The van der Waals surface area contributed by atoms with Crippen LogP contribution in [0.25, 0.3) is 9.88 Å².